The molecular formula is C33H44F2N6. The van der Waals surface area contributed by atoms with Gasteiger partial charge in [-0.15, -0.1) is 0 Å². The number of piperazine rings is 1. The molecule has 0 spiro atoms. The molecule has 0 amide bonds. The van der Waals surface area contributed by atoms with Crippen molar-refractivity contribution >= 4 is 22.5 Å². The number of alkyl halides is 2. The Balaban J connectivity index is 1.32. The van der Waals surface area contributed by atoms with Crippen LogP contribution in [0.4, 0.5) is 20.3 Å². The first-order valence-electron chi connectivity index (χ1n) is 15.4. The highest BCUT2D eigenvalue weighted by Gasteiger charge is 2.54. The molecule has 0 atom stereocenters. The number of rotatable bonds is 8. The van der Waals surface area contributed by atoms with E-state index in [1.165, 1.54) is 31.4 Å². The molecule has 0 bridgehead atoms. The van der Waals surface area contributed by atoms with E-state index in [0.29, 0.717) is 36.3 Å². The molecule has 3 aliphatic rings. The van der Waals surface area contributed by atoms with E-state index in [2.05, 4.69) is 35.0 Å². The topological polar surface area (TPSA) is 57.2 Å². The number of hydrogen-bond donors (Lipinski definition) is 1. The SMILES string of the molecule is Cc1nc(NCc2cccc3c2CC(C)(C)C3(F)F)c2cc(N3CCN(C(C)C)CC3)c(CCC3CCC3)nc2n1. The minimum absolute atomic E-state index is 0.158. The van der Waals surface area contributed by atoms with E-state index in [9.17, 15) is 0 Å². The van der Waals surface area contributed by atoms with Crippen LogP contribution in [0.1, 0.15) is 81.6 Å². The Morgan fingerprint density at radius 1 is 1.05 bits per heavy atom. The molecule has 1 saturated carbocycles. The van der Waals surface area contributed by atoms with E-state index in [1.54, 1.807) is 26.0 Å². The number of aromatic nitrogens is 3. The van der Waals surface area contributed by atoms with Crippen LogP contribution in [0.3, 0.4) is 0 Å². The van der Waals surface area contributed by atoms with Crippen LogP contribution in [-0.2, 0) is 25.3 Å². The lowest BCUT2D eigenvalue weighted by Crippen LogP contribution is -2.49. The highest BCUT2D eigenvalue weighted by molar-refractivity contribution is 5.90. The zero-order chi connectivity index (χ0) is 28.9. The first-order valence-corrected chi connectivity index (χ1v) is 15.4. The Bertz CT molecular complexity index is 1420. The Morgan fingerprint density at radius 3 is 2.49 bits per heavy atom. The third-order valence-electron chi connectivity index (χ3n) is 9.78. The number of halogens is 2. The van der Waals surface area contributed by atoms with Crippen LogP contribution in [0.25, 0.3) is 11.0 Å². The number of pyridine rings is 1. The quantitative estimate of drug-likeness (QED) is 0.323. The number of nitrogens with zero attached hydrogens (tertiary/aromatic N) is 5. The average molecular weight is 563 g/mol. The van der Waals surface area contributed by atoms with Gasteiger partial charge in [-0.3, -0.25) is 4.90 Å². The van der Waals surface area contributed by atoms with Gasteiger partial charge in [0, 0.05) is 49.7 Å². The fraction of sp³-hybridized carbons (Fsp3) is 0.606. The molecular weight excluding hydrogens is 518 g/mol. The molecule has 8 heteroatoms. The maximum Gasteiger partial charge on any atom is 0.278 e. The zero-order valence-electron chi connectivity index (χ0n) is 25.2. The van der Waals surface area contributed by atoms with Crippen molar-refractivity contribution in [2.45, 2.75) is 91.7 Å². The lowest BCUT2D eigenvalue weighted by Gasteiger charge is -2.39. The number of benzene rings is 1. The molecule has 3 heterocycles. The van der Waals surface area contributed by atoms with Gasteiger partial charge < -0.3 is 10.2 Å². The minimum atomic E-state index is -2.84. The largest absolute Gasteiger partial charge is 0.367 e. The predicted octanol–water partition coefficient (Wildman–Crippen LogP) is 6.88. The van der Waals surface area contributed by atoms with Crippen LogP contribution in [-0.4, -0.2) is 52.1 Å². The molecule has 220 valence electrons. The summed E-state index contributed by atoms with van der Waals surface area (Å²) in [7, 11) is 0. The summed E-state index contributed by atoms with van der Waals surface area (Å²) < 4.78 is 30.3. The van der Waals surface area contributed by atoms with Crippen molar-refractivity contribution < 1.29 is 8.78 Å². The van der Waals surface area contributed by atoms with Crippen LogP contribution in [0.2, 0.25) is 0 Å². The van der Waals surface area contributed by atoms with Crippen molar-refractivity contribution in [2.75, 3.05) is 36.4 Å². The number of anilines is 2. The number of fused-ring (bicyclic) bond motifs is 2. The van der Waals surface area contributed by atoms with Gasteiger partial charge in [0.25, 0.3) is 5.92 Å². The van der Waals surface area contributed by atoms with Gasteiger partial charge in [0.05, 0.1) is 16.8 Å². The van der Waals surface area contributed by atoms with Gasteiger partial charge in [-0.1, -0.05) is 51.3 Å². The van der Waals surface area contributed by atoms with E-state index in [4.69, 9.17) is 15.0 Å². The van der Waals surface area contributed by atoms with E-state index >= 15 is 8.78 Å². The van der Waals surface area contributed by atoms with Crippen molar-refractivity contribution in [1.29, 1.82) is 0 Å². The van der Waals surface area contributed by atoms with Crippen molar-refractivity contribution in [2.24, 2.45) is 11.3 Å². The maximum absolute atomic E-state index is 15.1. The average Bonchev–Trinajstić information content (AvgIpc) is 3.09. The maximum atomic E-state index is 15.1. The molecule has 1 N–H and O–H groups in total. The summed E-state index contributed by atoms with van der Waals surface area (Å²) in [6, 6.07) is 8.06. The predicted molar refractivity (Wildman–Crippen MR) is 162 cm³/mol. The molecule has 2 aromatic heterocycles. The Labute approximate surface area is 243 Å². The molecule has 41 heavy (non-hydrogen) atoms. The van der Waals surface area contributed by atoms with E-state index < -0.39 is 11.3 Å². The normalized spacial score (nSPS) is 20.4. The lowest BCUT2D eigenvalue weighted by molar-refractivity contribution is -0.0986. The molecule has 6 rings (SSSR count). The van der Waals surface area contributed by atoms with Crippen LogP contribution in [0.5, 0.6) is 0 Å². The molecule has 0 unspecified atom stereocenters. The molecule has 0 radical (unpaired) electrons. The second-order valence-electron chi connectivity index (χ2n) is 13.3. The summed E-state index contributed by atoms with van der Waals surface area (Å²) in [5.74, 6) is -0.659. The standard InChI is InChI=1S/C33H44F2N6/c1-21(2)40-14-16-41(17-15-40)29-18-25-30(37-22(3)38-31(25)39-28(29)13-12-23-8-6-9-23)36-20-24-10-7-11-27-26(24)19-32(4,5)33(27,34)35/h7,10-11,18,21,23H,6,8-9,12-17,19-20H2,1-5H3,(H,36,37,38,39). The van der Waals surface area contributed by atoms with Crippen LogP contribution < -0.4 is 10.2 Å². The van der Waals surface area contributed by atoms with Gasteiger partial charge in [-0.2, -0.15) is 0 Å². The number of aryl methyl sites for hydroxylation is 2. The van der Waals surface area contributed by atoms with Gasteiger partial charge in [0.15, 0.2) is 5.65 Å². The van der Waals surface area contributed by atoms with E-state index in [0.717, 1.165) is 60.7 Å². The number of nitrogens with one attached hydrogen (secondary N) is 1. The first kappa shape index (κ1) is 28.3. The van der Waals surface area contributed by atoms with E-state index in [1.807, 2.05) is 13.0 Å². The van der Waals surface area contributed by atoms with Gasteiger partial charge in [0.1, 0.15) is 11.6 Å². The fourth-order valence-electron chi connectivity index (χ4n) is 6.78. The molecule has 6 nitrogen and oxygen atoms in total. The second kappa shape index (κ2) is 10.8. The van der Waals surface area contributed by atoms with Crippen LogP contribution >= 0.6 is 0 Å². The van der Waals surface area contributed by atoms with Gasteiger partial charge in [0.2, 0.25) is 0 Å². The molecule has 3 aromatic rings. The summed E-state index contributed by atoms with van der Waals surface area (Å²) in [5.41, 5.74) is 3.75. The van der Waals surface area contributed by atoms with Gasteiger partial charge in [-0.05, 0) is 63.1 Å². The van der Waals surface area contributed by atoms with Crippen molar-refractivity contribution in [3.8, 4) is 0 Å². The summed E-state index contributed by atoms with van der Waals surface area (Å²) in [5, 5.41) is 4.40. The highest BCUT2D eigenvalue weighted by Crippen LogP contribution is 2.54. The monoisotopic (exact) mass is 562 g/mol. The van der Waals surface area contributed by atoms with Crippen molar-refractivity contribution in [1.82, 2.24) is 19.9 Å². The summed E-state index contributed by atoms with van der Waals surface area (Å²) in [6.45, 7) is 14.2. The van der Waals surface area contributed by atoms with Crippen molar-refractivity contribution in [3.05, 3.63) is 52.5 Å². The summed E-state index contributed by atoms with van der Waals surface area (Å²) in [4.78, 5) is 19.7. The smallest absolute Gasteiger partial charge is 0.278 e. The van der Waals surface area contributed by atoms with E-state index in [-0.39, 0.29) is 5.56 Å². The second-order valence-corrected chi connectivity index (χ2v) is 13.3. The summed E-state index contributed by atoms with van der Waals surface area (Å²) in [6.07, 6.45) is 6.50. The highest BCUT2D eigenvalue weighted by atomic mass is 19.3. The van der Waals surface area contributed by atoms with Crippen LogP contribution in [0, 0.1) is 18.3 Å². The molecule has 1 aromatic carbocycles. The molecule has 1 saturated heterocycles. The number of hydrogen-bond acceptors (Lipinski definition) is 6. The Hall–Kier alpha value is -2.87. The Morgan fingerprint density at radius 2 is 1.80 bits per heavy atom. The summed E-state index contributed by atoms with van der Waals surface area (Å²) >= 11 is 0. The lowest BCUT2D eigenvalue weighted by atomic mass is 9.81. The zero-order valence-corrected chi connectivity index (χ0v) is 25.2. The minimum Gasteiger partial charge on any atom is -0.367 e. The van der Waals surface area contributed by atoms with Crippen LogP contribution in [0.15, 0.2) is 24.3 Å². The molecule has 2 fully saturated rings. The Kier molecular flexibility index (Phi) is 7.41. The van der Waals surface area contributed by atoms with Crippen molar-refractivity contribution in [3.63, 3.8) is 0 Å². The molecule has 1 aliphatic heterocycles. The van der Waals surface area contributed by atoms with Gasteiger partial charge in [-0.25, -0.2) is 23.7 Å². The third kappa shape index (κ3) is 5.28. The molecule has 2 aliphatic carbocycles. The third-order valence-corrected chi connectivity index (χ3v) is 9.78. The van der Waals surface area contributed by atoms with Gasteiger partial charge >= 0.3 is 0 Å². The first-order chi connectivity index (χ1) is 19.5. The fourth-order valence-corrected chi connectivity index (χ4v) is 6.78.